The molecule has 2 aromatic rings. The zero-order valence-corrected chi connectivity index (χ0v) is 12.8. The summed E-state index contributed by atoms with van der Waals surface area (Å²) in [7, 11) is 0. The molecule has 106 valence electrons. The lowest BCUT2D eigenvalue weighted by atomic mass is 10.1. The molecule has 0 aliphatic rings. The van der Waals surface area contributed by atoms with Gasteiger partial charge in [-0.1, -0.05) is 28.1 Å². The van der Waals surface area contributed by atoms with Crippen molar-refractivity contribution in [1.29, 1.82) is 0 Å². The maximum Gasteiger partial charge on any atom is 0.128 e. The third-order valence-corrected chi connectivity index (χ3v) is 3.66. The summed E-state index contributed by atoms with van der Waals surface area (Å²) >= 11 is 3.36. The molecule has 0 bridgehead atoms. The van der Waals surface area contributed by atoms with E-state index in [1.165, 1.54) is 6.07 Å². The normalized spacial score (nSPS) is 12.2. The third kappa shape index (κ3) is 3.81. The number of rotatable bonds is 5. The second-order valence-electron chi connectivity index (χ2n) is 4.70. The van der Waals surface area contributed by atoms with Gasteiger partial charge in [0.1, 0.15) is 5.82 Å². The van der Waals surface area contributed by atoms with Crippen molar-refractivity contribution in [3.8, 4) is 0 Å². The van der Waals surface area contributed by atoms with Crippen LogP contribution in [0, 0.1) is 5.82 Å². The molecule has 4 heteroatoms. The van der Waals surface area contributed by atoms with Crippen LogP contribution in [-0.4, -0.2) is 11.7 Å². The zero-order chi connectivity index (χ0) is 14.5. The van der Waals surface area contributed by atoms with Crippen molar-refractivity contribution in [2.24, 2.45) is 0 Å². The van der Waals surface area contributed by atoms with Gasteiger partial charge in [-0.15, -0.1) is 0 Å². The van der Waals surface area contributed by atoms with Gasteiger partial charge in [0.25, 0.3) is 0 Å². The summed E-state index contributed by atoms with van der Waals surface area (Å²) in [6.07, 6.45) is 0.649. The minimum atomic E-state index is -0.217. The van der Waals surface area contributed by atoms with E-state index in [-0.39, 0.29) is 18.5 Å². The van der Waals surface area contributed by atoms with Gasteiger partial charge in [0.05, 0.1) is 6.04 Å². The molecule has 0 aliphatic heterocycles. The van der Waals surface area contributed by atoms with Gasteiger partial charge in [0, 0.05) is 22.3 Å². The fraction of sp³-hybridized carbons (Fsp3) is 0.250. The van der Waals surface area contributed by atoms with E-state index in [0.29, 0.717) is 12.0 Å². The van der Waals surface area contributed by atoms with Gasteiger partial charge >= 0.3 is 0 Å². The number of aliphatic hydroxyl groups is 1. The first-order chi connectivity index (χ1) is 9.60. The molecule has 0 radical (unpaired) electrons. The number of halogens is 2. The van der Waals surface area contributed by atoms with Crippen LogP contribution < -0.4 is 5.32 Å². The Hall–Kier alpha value is -1.39. The Morgan fingerprint density at radius 2 is 1.90 bits per heavy atom. The highest BCUT2D eigenvalue weighted by Gasteiger charge is 2.11. The van der Waals surface area contributed by atoms with Crippen molar-refractivity contribution >= 4 is 21.6 Å². The number of aliphatic hydroxyl groups excluding tert-OH is 1. The third-order valence-electron chi connectivity index (χ3n) is 3.16. The first kappa shape index (κ1) is 15.0. The highest BCUT2D eigenvalue weighted by molar-refractivity contribution is 9.10. The van der Waals surface area contributed by atoms with Crippen molar-refractivity contribution in [2.45, 2.75) is 19.4 Å². The van der Waals surface area contributed by atoms with Crippen LogP contribution in [0.15, 0.2) is 46.9 Å². The Morgan fingerprint density at radius 1 is 1.20 bits per heavy atom. The summed E-state index contributed by atoms with van der Waals surface area (Å²) in [5, 5.41) is 12.2. The van der Waals surface area contributed by atoms with Crippen LogP contribution in [0.1, 0.15) is 24.1 Å². The highest BCUT2D eigenvalue weighted by Crippen LogP contribution is 2.25. The standard InChI is InChI=1S/C16H17BrFNO/c1-11(15-10-13(17)4-7-16(15)18)19-14-5-2-12(3-6-14)8-9-20/h2-7,10-11,19-20H,8-9H2,1H3. The molecular weight excluding hydrogens is 321 g/mol. The van der Waals surface area contributed by atoms with Gasteiger partial charge in [-0.3, -0.25) is 0 Å². The summed E-state index contributed by atoms with van der Waals surface area (Å²) in [6.45, 7) is 2.07. The highest BCUT2D eigenvalue weighted by atomic mass is 79.9. The van der Waals surface area contributed by atoms with Crippen molar-refractivity contribution in [2.75, 3.05) is 11.9 Å². The molecule has 2 N–H and O–H groups in total. The van der Waals surface area contributed by atoms with Crippen LogP contribution in [-0.2, 0) is 6.42 Å². The van der Waals surface area contributed by atoms with Crippen LogP contribution in [0.3, 0.4) is 0 Å². The Morgan fingerprint density at radius 3 is 2.55 bits per heavy atom. The van der Waals surface area contributed by atoms with Crippen molar-refractivity contribution in [1.82, 2.24) is 0 Å². The van der Waals surface area contributed by atoms with E-state index >= 15 is 0 Å². The van der Waals surface area contributed by atoms with Crippen LogP contribution >= 0.6 is 15.9 Å². The molecular formula is C16H17BrFNO. The summed E-state index contributed by atoms with van der Waals surface area (Å²) in [4.78, 5) is 0. The molecule has 1 unspecified atom stereocenters. The first-order valence-electron chi connectivity index (χ1n) is 6.51. The average Bonchev–Trinajstić information content (AvgIpc) is 2.44. The van der Waals surface area contributed by atoms with Gasteiger partial charge < -0.3 is 10.4 Å². The quantitative estimate of drug-likeness (QED) is 0.852. The Labute approximate surface area is 126 Å². The summed E-state index contributed by atoms with van der Waals surface area (Å²) < 4.78 is 14.7. The molecule has 2 aromatic carbocycles. The molecule has 0 heterocycles. The average molecular weight is 338 g/mol. The van der Waals surface area contributed by atoms with Crippen molar-refractivity contribution in [3.05, 3.63) is 63.9 Å². The second kappa shape index (κ2) is 6.86. The molecule has 0 saturated heterocycles. The predicted molar refractivity (Wildman–Crippen MR) is 83.4 cm³/mol. The maximum absolute atomic E-state index is 13.8. The second-order valence-corrected chi connectivity index (χ2v) is 5.62. The van der Waals surface area contributed by atoms with E-state index in [9.17, 15) is 4.39 Å². The van der Waals surface area contributed by atoms with Gasteiger partial charge in [-0.2, -0.15) is 0 Å². The van der Waals surface area contributed by atoms with E-state index in [0.717, 1.165) is 15.7 Å². The minimum Gasteiger partial charge on any atom is -0.396 e. The lowest BCUT2D eigenvalue weighted by Gasteiger charge is -2.17. The molecule has 20 heavy (non-hydrogen) atoms. The molecule has 2 rings (SSSR count). The van der Waals surface area contributed by atoms with Gasteiger partial charge in [-0.25, -0.2) is 4.39 Å². The van der Waals surface area contributed by atoms with Gasteiger partial charge in [-0.05, 0) is 49.2 Å². The van der Waals surface area contributed by atoms with Crippen LogP contribution in [0.2, 0.25) is 0 Å². The van der Waals surface area contributed by atoms with Crippen LogP contribution in [0.4, 0.5) is 10.1 Å². The monoisotopic (exact) mass is 337 g/mol. The molecule has 2 nitrogen and oxygen atoms in total. The largest absolute Gasteiger partial charge is 0.396 e. The van der Waals surface area contributed by atoms with E-state index in [1.807, 2.05) is 31.2 Å². The summed E-state index contributed by atoms with van der Waals surface area (Å²) in [5.41, 5.74) is 2.64. The first-order valence-corrected chi connectivity index (χ1v) is 7.30. The molecule has 0 aromatic heterocycles. The predicted octanol–water partition coefficient (Wildman–Crippen LogP) is 4.30. The zero-order valence-electron chi connectivity index (χ0n) is 11.2. The number of benzene rings is 2. The lowest BCUT2D eigenvalue weighted by molar-refractivity contribution is 0.299. The fourth-order valence-electron chi connectivity index (χ4n) is 2.07. The van der Waals surface area contributed by atoms with Gasteiger partial charge in [0.2, 0.25) is 0 Å². The van der Waals surface area contributed by atoms with Crippen molar-refractivity contribution in [3.63, 3.8) is 0 Å². The topological polar surface area (TPSA) is 32.3 Å². The Bertz CT molecular complexity index is 571. The molecule has 0 amide bonds. The molecule has 1 atom stereocenters. The fourth-order valence-corrected chi connectivity index (χ4v) is 2.45. The Balaban J connectivity index is 2.10. The number of nitrogens with one attached hydrogen (secondary N) is 1. The molecule has 0 spiro atoms. The van der Waals surface area contributed by atoms with E-state index < -0.39 is 0 Å². The van der Waals surface area contributed by atoms with E-state index in [2.05, 4.69) is 21.2 Å². The molecule has 0 fully saturated rings. The van der Waals surface area contributed by atoms with Gasteiger partial charge in [0.15, 0.2) is 0 Å². The van der Waals surface area contributed by atoms with E-state index in [4.69, 9.17) is 5.11 Å². The van der Waals surface area contributed by atoms with Crippen LogP contribution in [0.5, 0.6) is 0 Å². The smallest absolute Gasteiger partial charge is 0.128 e. The van der Waals surface area contributed by atoms with E-state index in [1.54, 1.807) is 12.1 Å². The lowest BCUT2D eigenvalue weighted by Crippen LogP contribution is -2.08. The SMILES string of the molecule is CC(Nc1ccc(CCO)cc1)c1cc(Br)ccc1F. The number of anilines is 1. The number of hydrogen-bond donors (Lipinski definition) is 2. The minimum absolute atomic E-state index is 0.129. The maximum atomic E-state index is 13.8. The summed E-state index contributed by atoms with van der Waals surface area (Å²) in [5.74, 6) is -0.217. The molecule has 0 saturated carbocycles. The number of hydrogen-bond acceptors (Lipinski definition) is 2. The summed E-state index contributed by atoms with van der Waals surface area (Å²) in [6, 6.07) is 12.6. The van der Waals surface area contributed by atoms with Crippen LogP contribution in [0.25, 0.3) is 0 Å². The van der Waals surface area contributed by atoms with Crippen molar-refractivity contribution < 1.29 is 9.50 Å². The molecule has 0 aliphatic carbocycles. The Kier molecular flexibility index (Phi) is 5.15.